The van der Waals surface area contributed by atoms with Gasteiger partial charge in [-0.1, -0.05) is 6.92 Å². The SMILES string of the molecule is COCC(C)OCC(O)CNCC1(C)CCOCC1. The average Bonchev–Trinajstić information content (AvgIpc) is 2.37. The molecule has 19 heavy (non-hydrogen) atoms. The van der Waals surface area contributed by atoms with Crippen molar-refractivity contribution in [2.24, 2.45) is 5.41 Å². The molecule has 1 rings (SSSR count). The van der Waals surface area contributed by atoms with Crippen LogP contribution in [0.2, 0.25) is 0 Å². The molecule has 2 unspecified atom stereocenters. The van der Waals surface area contributed by atoms with Crippen LogP contribution >= 0.6 is 0 Å². The van der Waals surface area contributed by atoms with Gasteiger partial charge in [0.05, 0.1) is 25.4 Å². The van der Waals surface area contributed by atoms with Crippen molar-refractivity contribution in [1.82, 2.24) is 5.32 Å². The van der Waals surface area contributed by atoms with Crippen molar-refractivity contribution >= 4 is 0 Å². The van der Waals surface area contributed by atoms with Gasteiger partial charge in [0.1, 0.15) is 0 Å². The molecule has 0 bridgehead atoms. The number of aliphatic hydroxyl groups is 1. The highest BCUT2D eigenvalue weighted by Crippen LogP contribution is 2.28. The molecule has 114 valence electrons. The fourth-order valence-electron chi connectivity index (χ4n) is 2.20. The van der Waals surface area contributed by atoms with Gasteiger partial charge in [0.15, 0.2) is 0 Å². The normalized spacial score (nSPS) is 22.1. The smallest absolute Gasteiger partial charge is 0.0897 e. The molecule has 0 aromatic carbocycles. The second kappa shape index (κ2) is 8.87. The molecule has 5 heteroatoms. The van der Waals surface area contributed by atoms with E-state index in [4.69, 9.17) is 14.2 Å². The predicted molar refractivity (Wildman–Crippen MR) is 74.3 cm³/mol. The molecule has 0 aromatic heterocycles. The van der Waals surface area contributed by atoms with Gasteiger partial charge in [-0.15, -0.1) is 0 Å². The maximum Gasteiger partial charge on any atom is 0.0897 e. The summed E-state index contributed by atoms with van der Waals surface area (Å²) >= 11 is 0. The van der Waals surface area contributed by atoms with E-state index in [1.807, 2.05) is 6.92 Å². The summed E-state index contributed by atoms with van der Waals surface area (Å²) in [5.41, 5.74) is 0.294. The molecule has 0 radical (unpaired) electrons. The molecular weight excluding hydrogens is 246 g/mol. The Kier molecular flexibility index (Phi) is 7.87. The summed E-state index contributed by atoms with van der Waals surface area (Å²) in [4.78, 5) is 0. The lowest BCUT2D eigenvalue weighted by Crippen LogP contribution is -2.40. The van der Waals surface area contributed by atoms with Crippen LogP contribution in [-0.2, 0) is 14.2 Å². The molecular formula is C14H29NO4. The summed E-state index contributed by atoms with van der Waals surface area (Å²) < 4.78 is 15.8. The highest BCUT2D eigenvalue weighted by Gasteiger charge is 2.26. The van der Waals surface area contributed by atoms with E-state index in [0.717, 1.165) is 32.6 Å². The Morgan fingerprint density at radius 2 is 2.00 bits per heavy atom. The van der Waals surface area contributed by atoms with Crippen LogP contribution in [0.25, 0.3) is 0 Å². The number of methoxy groups -OCH3 is 1. The number of rotatable bonds is 9. The van der Waals surface area contributed by atoms with Crippen LogP contribution in [0.1, 0.15) is 26.7 Å². The van der Waals surface area contributed by atoms with Gasteiger partial charge in [0.2, 0.25) is 0 Å². The molecule has 5 nitrogen and oxygen atoms in total. The third-order valence-corrected chi connectivity index (χ3v) is 3.61. The molecule has 1 aliphatic rings. The van der Waals surface area contributed by atoms with Crippen LogP contribution in [-0.4, -0.2) is 63.9 Å². The topological polar surface area (TPSA) is 60.0 Å². The van der Waals surface area contributed by atoms with E-state index in [2.05, 4.69) is 12.2 Å². The third-order valence-electron chi connectivity index (χ3n) is 3.61. The Morgan fingerprint density at radius 3 is 2.63 bits per heavy atom. The first-order chi connectivity index (χ1) is 9.06. The lowest BCUT2D eigenvalue weighted by molar-refractivity contribution is -0.0324. The quantitative estimate of drug-likeness (QED) is 0.652. The summed E-state index contributed by atoms with van der Waals surface area (Å²) in [6, 6.07) is 0. The average molecular weight is 275 g/mol. The van der Waals surface area contributed by atoms with E-state index in [9.17, 15) is 5.11 Å². The van der Waals surface area contributed by atoms with Gasteiger partial charge < -0.3 is 24.6 Å². The molecule has 0 aromatic rings. The van der Waals surface area contributed by atoms with Crippen molar-refractivity contribution in [1.29, 1.82) is 0 Å². The minimum atomic E-state index is -0.470. The van der Waals surface area contributed by atoms with Gasteiger partial charge in [-0.2, -0.15) is 0 Å². The molecule has 0 saturated carbocycles. The van der Waals surface area contributed by atoms with Crippen LogP contribution in [0.3, 0.4) is 0 Å². The van der Waals surface area contributed by atoms with E-state index >= 15 is 0 Å². The lowest BCUT2D eigenvalue weighted by atomic mass is 9.82. The highest BCUT2D eigenvalue weighted by molar-refractivity contribution is 4.79. The van der Waals surface area contributed by atoms with Gasteiger partial charge in [0.25, 0.3) is 0 Å². The number of hydrogen-bond donors (Lipinski definition) is 2. The van der Waals surface area contributed by atoms with Gasteiger partial charge in [0, 0.05) is 33.4 Å². The Labute approximate surface area is 116 Å². The number of nitrogens with one attached hydrogen (secondary N) is 1. The molecule has 0 spiro atoms. The van der Waals surface area contributed by atoms with Crippen molar-refractivity contribution < 1.29 is 19.3 Å². The van der Waals surface area contributed by atoms with E-state index < -0.39 is 6.10 Å². The first kappa shape index (κ1) is 16.9. The van der Waals surface area contributed by atoms with E-state index in [1.165, 1.54) is 0 Å². The maximum atomic E-state index is 9.83. The van der Waals surface area contributed by atoms with Crippen LogP contribution in [0.5, 0.6) is 0 Å². The van der Waals surface area contributed by atoms with Crippen molar-refractivity contribution in [2.75, 3.05) is 46.6 Å². The third kappa shape index (κ3) is 7.22. The van der Waals surface area contributed by atoms with Crippen molar-refractivity contribution in [2.45, 2.75) is 38.9 Å². The molecule has 0 aliphatic carbocycles. The summed E-state index contributed by atoms with van der Waals surface area (Å²) in [7, 11) is 1.65. The zero-order valence-corrected chi connectivity index (χ0v) is 12.5. The Hall–Kier alpha value is -0.200. The van der Waals surface area contributed by atoms with Crippen molar-refractivity contribution in [3.8, 4) is 0 Å². The monoisotopic (exact) mass is 275 g/mol. The van der Waals surface area contributed by atoms with Crippen LogP contribution in [0, 0.1) is 5.41 Å². The summed E-state index contributed by atoms with van der Waals surface area (Å²) in [6.45, 7) is 8.28. The maximum absolute atomic E-state index is 9.83. The minimum Gasteiger partial charge on any atom is -0.389 e. The molecule has 1 heterocycles. The van der Waals surface area contributed by atoms with E-state index in [1.54, 1.807) is 7.11 Å². The fraction of sp³-hybridized carbons (Fsp3) is 1.00. The zero-order chi connectivity index (χ0) is 14.1. The molecule has 2 N–H and O–H groups in total. The van der Waals surface area contributed by atoms with Crippen molar-refractivity contribution in [3.05, 3.63) is 0 Å². The number of aliphatic hydroxyl groups excluding tert-OH is 1. The highest BCUT2D eigenvalue weighted by atomic mass is 16.5. The van der Waals surface area contributed by atoms with Gasteiger partial charge in [-0.25, -0.2) is 0 Å². The largest absolute Gasteiger partial charge is 0.389 e. The summed E-state index contributed by atoms with van der Waals surface area (Å²) in [5, 5.41) is 13.2. The Balaban J connectivity index is 2.07. The van der Waals surface area contributed by atoms with E-state index in [-0.39, 0.29) is 6.10 Å². The summed E-state index contributed by atoms with van der Waals surface area (Å²) in [6.07, 6.45) is 1.71. The zero-order valence-electron chi connectivity index (χ0n) is 12.5. The van der Waals surface area contributed by atoms with Gasteiger partial charge >= 0.3 is 0 Å². The van der Waals surface area contributed by atoms with E-state index in [0.29, 0.717) is 25.2 Å². The van der Waals surface area contributed by atoms with Crippen LogP contribution < -0.4 is 5.32 Å². The first-order valence-corrected chi connectivity index (χ1v) is 7.13. The lowest BCUT2D eigenvalue weighted by Gasteiger charge is -2.34. The first-order valence-electron chi connectivity index (χ1n) is 7.13. The van der Waals surface area contributed by atoms with Crippen LogP contribution in [0.15, 0.2) is 0 Å². The van der Waals surface area contributed by atoms with Gasteiger partial charge in [-0.05, 0) is 25.2 Å². The standard InChI is InChI=1S/C14H29NO4/c1-12(9-17-3)19-10-13(16)8-15-11-14(2)4-6-18-7-5-14/h12-13,15-16H,4-11H2,1-3H3. The second-order valence-corrected chi connectivity index (χ2v) is 5.81. The predicted octanol–water partition coefficient (Wildman–Crippen LogP) is 0.805. The number of ether oxygens (including phenoxy) is 3. The Bertz CT molecular complexity index is 231. The van der Waals surface area contributed by atoms with Gasteiger partial charge in [-0.3, -0.25) is 0 Å². The minimum absolute atomic E-state index is 0.0210. The molecule has 0 amide bonds. The molecule has 2 atom stereocenters. The summed E-state index contributed by atoms with van der Waals surface area (Å²) in [5.74, 6) is 0. The molecule has 1 aliphatic heterocycles. The molecule has 1 fully saturated rings. The fourth-order valence-corrected chi connectivity index (χ4v) is 2.20. The Morgan fingerprint density at radius 1 is 1.32 bits per heavy atom. The number of hydrogen-bond acceptors (Lipinski definition) is 5. The molecule has 1 saturated heterocycles. The second-order valence-electron chi connectivity index (χ2n) is 5.81. The van der Waals surface area contributed by atoms with Crippen LogP contribution in [0.4, 0.5) is 0 Å². The van der Waals surface area contributed by atoms with Crippen molar-refractivity contribution in [3.63, 3.8) is 0 Å².